The molecule has 0 atom stereocenters. The van der Waals surface area contributed by atoms with Crippen LogP contribution in [0.15, 0.2) is 143 Å². The molecule has 0 heterocycles. The van der Waals surface area contributed by atoms with Crippen LogP contribution >= 0.6 is 0 Å². The van der Waals surface area contributed by atoms with E-state index in [0.717, 1.165) is 0 Å². The van der Waals surface area contributed by atoms with Crippen molar-refractivity contribution in [1.29, 1.82) is 0 Å². The van der Waals surface area contributed by atoms with Crippen LogP contribution in [0, 0.1) is 0 Å². The lowest BCUT2D eigenvalue weighted by atomic mass is 10.3. The molecule has 0 aliphatic rings. The summed E-state index contributed by atoms with van der Waals surface area (Å²) in [5, 5.41) is 1.26. The van der Waals surface area contributed by atoms with Crippen molar-refractivity contribution in [2.45, 2.75) is 37.5 Å². The first-order valence-corrected chi connectivity index (χ1v) is 24.4. The standard InChI is InChI=1S/C46H58N6O10S2/c1-5-47(6-2)31-33-49(39-21-13-9-14-22-39)45(55)51(35-37-63(57,58)41-25-17-11-18-26-41)61-43(53)29-30-44(54)62-52(36-38-64(59,60)42-27-19-12-20-28-42)46(56)50(34-32-48(7-3)8-4)40-23-15-10-16-24-40/h9-30H,5-8,31-38H2,1-4H3/b30-29-. The van der Waals surface area contributed by atoms with Crippen LogP contribution in [-0.4, -0.2) is 138 Å². The van der Waals surface area contributed by atoms with E-state index in [9.17, 15) is 36.0 Å². The first-order chi connectivity index (χ1) is 30.7. The lowest BCUT2D eigenvalue weighted by molar-refractivity contribution is -0.171. The minimum atomic E-state index is -3.96. The van der Waals surface area contributed by atoms with E-state index >= 15 is 0 Å². The third kappa shape index (κ3) is 15.3. The monoisotopic (exact) mass is 918 g/mol. The van der Waals surface area contributed by atoms with Crippen LogP contribution < -0.4 is 9.80 Å². The van der Waals surface area contributed by atoms with E-state index in [2.05, 4.69) is 9.80 Å². The van der Waals surface area contributed by atoms with Gasteiger partial charge in [0.2, 0.25) is 0 Å². The molecule has 0 saturated heterocycles. The third-order valence-corrected chi connectivity index (χ3v) is 13.6. The van der Waals surface area contributed by atoms with E-state index in [1.807, 2.05) is 27.7 Å². The Hall–Kier alpha value is -6.08. The van der Waals surface area contributed by atoms with Crippen LogP contribution in [0.1, 0.15) is 27.7 Å². The van der Waals surface area contributed by atoms with Gasteiger partial charge in [-0.15, -0.1) is 0 Å². The van der Waals surface area contributed by atoms with Gasteiger partial charge in [0.15, 0.2) is 19.7 Å². The fourth-order valence-corrected chi connectivity index (χ4v) is 8.82. The normalized spacial score (nSPS) is 11.7. The van der Waals surface area contributed by atoms with Crippen LogP contribution in [0.4, 0.5) is 21.0 Å². The summed E-state index contributed by atoms with van der Waals surface area (Å²) < 4.78 is 53.4. The molecule has 4 aromatic rings. The minimum absolute atomic E-state index is 0.00682. The zero-order chi connectivity index (χ0) is 46.5. The zero-order valence-corrected chi connectivity index (χ0v) is 38.4. The van der Waals surface area contributed by atoms with Gasteiger partial charge in [-0.2, -0.15) is 10.1 Å². The molecule has 4 aromatic carbocycles. The summed E-state index contributed by atoms with van der Waals surface area (Å²) >= 11 is 0. The Balaban J connectivity index is 1.61. The van der Waals surface area contributed by atoms with Gasteiger partial charge in [-0.05, 0) is 74.7 Å². The molecule has 0 radical (unpaired) electrons. The van der Waals surface area contributed by atoms with Crippen LogP contribution in [0.5, 0.6) is 0 Å². The molecule has 16 nitrogen and oxygen atoms in total. The Morgan fingerprint density at radius 1 is 0.438 bits per heavy atom. The Morgan fingerprint density at radius 2 is 0.734 bits per heavy atom. The maximum absolute atomic E-state index is 14.3. The number of para-hydroxylation sites is 2. The molecule has 0 bridgehead atoms. The number of carbonyl (C=O) groups is 4. The summed E-state index contributed by atoms with van der Waals surface area (Å²) in [5.41, 5.74) is 0.929. The van der Waals surface area contributed by atoms with Crippen molar-refractivity contribution in [2.24, 2.45) is 0 Å². The van der Waals surface area contributed by atoms with E-state index in [4.69, 9.17) is 9.68 Å². The van der Waals surface area contributed by atoms with Gasteiger partial charge in [-0.1, -0.05) is 100 Å². The van der Waals surface area contributed by atoms with Crippen molar-refractivity contribution in [3.63, 3.8) is 0 Å². The number of hydrogen-bond donors (Lipinski definition) is 0. The number of sulfone groups is 2. The van der Waals surface area contributed by atoms with Crippen molar-refractivity contribution in [2.75, 3.05) is 86.8 Å². The SMILES string of the molecule is CCN(CC)CCN(C(=O)N(CCS(=O)(=O)c1ccccc1)OC(=O)/C=C\C(=O)ON(CCS(=O)(=O)c1ccccc1)C(=O)N(CCN(CC)CC)c1ccccc1)c1ccccc1. The summed E-state index contributed by atoms with van der Waals surface area (Å²) in [6, 6.07) is 30.8. The van der Waals surface area contributed by atoms with E-state index in [0.29, 0.717) is 72.9 Å². The lowest BCUT2D eigenvalue weighted by Gasteiger charge is -2.31. The second-order valence-corrected chi connectivity index (χ2v) is 18.4. The summed E-state index contributed by atoms with van der Waals surface area (Å²) in [6.45, 7) is 10.8. The fourth-order valence-electron chi connectivity index (χ4n) is 6.39. The number of urea groups is 2. The number of hydrogen-bond acceptors (Lipinski definition) is 12. The van der Waals surface area contributed by atoms with Gasteiger partial charge < -0.3 is 19.5 Å². The topological polar surface area (TPSA) is 174 Å². The number of anilines is 2. The van der Waals surface area contributed by atoms with Crippen molar-refractivity contribution in [3.05, 3.63) is 133 Å². The maximum Gasteiger partial charge on any atom is 0.357 e. The molecule has 0 N–H and O–H groups in total. The number of hydroxylamine groups is 4. The third-order valence-electron chi connectivity index (χ3n) is 10.2. The molecule has 0 aliphatic carbocycles. The second-order valence-electron chi connectivity index (χ2n) is 14.2. The highest BCUT2D eigenvalue weighted by Gasteiger charge is 2.30. The van der Waals surface area contributed by atoms with Gasteiger partial charge in [0.05, 0.1) is 34.4 Å². The Labute approximate surface area is 377 Å². The predicted octanol–water partition coefficient (Wildman–Crippen LogP) is 5.95. The summed E-state index contributed by atoms with van der Waals surface area (Å²) in [7, 11) is -7.92. The highest BCUT2D eigenvalue weighted by Crippen LogP contribution is 2.20. The number of rotatable bonds is 22. The fraction of sp³-hybridized carbons (Fsp3) is 0.348. The first-order valence-electron chi connectivity index (χ1n) is 21.1. The van der Waals surface area contributed by atoms with Gasteiger partial charge in [0, 0.05) is 49.7 Å². The molecule has 0 aliphatic heterocycles. The number of amides is 4. The molecule has 4 rings (SSSR count). The molecule has 0 unspecified atom stereocenters. The largest absolute Gasteiger partial charge is 0.357 e. The van der Waals surface area contributed by atoms with Gasteiger partial charge in [0.1, 0.15) is 0 Å². The number of nitrogens with zero attached hydrogens (tertiary/aromatic N) is 6. The van der Waals surface area contributed by atoms with Gasteiger partial charge in [0.25, 0.3) is 0 Å². The van der Waals surface area contributed by atoms with E-state index < -0.39 is 68.3 Å². The second kappa shape index (κ2) is 25.3. The molecule has 18 heteroatoms. The van der Waals surface area contributed by atoms with E-state index in [-0.39, 0.29) is 22.9 Å². The maximum atomic E-state index is 14.3. The van der Waals surface area contributed by atoms with Gasteiger partial charge in [-0.25, -0.2) is 36.0 Å². The lowest BCUT2D eigenvalue weighted by Crippen LogP contribution is -2.48. The van der Waals surface area contributed by atoms with E-state index in [1.165, 1.54) is 34.1 Å². The summed E-state index contributed by atoms with van der Waals surface area (Å²) in [6.07, 6.45) is 1.32. The molecular weight excluding hydrogens is 861 g/mol. The van der Waals surface area contributed by atoms with Crippen molar-refractivity contribution >= 4 is 55.1 Å². The van der Waals surface area contributed by atoms with Gasteiger partial charge >= 0.3 is 24.0 Å². The highest BCUT2D eigenvalue weighted by atomic mass is 32.2. The minimum Gasteiger partial charge on any atom is -0.332 e. The Morgan fingerprint density at radius 3 is 1.03 bits per heavy atom. The molecule has 4 amide bonds. The van der Waals surface area contributed by atoms with Crippen LogP contribution in [0.25, 0.3) is 0 Å². The molecule has 0 aromatic heterocycles. The quantitative estimate of drug-likeness (QED) is 0.0671. The number of likely N-dealkylation sites (N-methyl/N-ethyl adjacent to an activating group) is 2. The average Bonchev–Trinajstić information content (AvgIpc) is 3.32. The number of benzene rings is 4. The van der Waals surface area contributed by atoms with E-state index in [1.54, 1.807) is 97.1 Å². The van der Waals surface area contributed by atoms with Crippen molar-refractivity contribution in [3.8, 4) is 0 Å². The highest BCUT2D eigenvalue weighted by molar-refractivity contribution is 7.91. The smallest absolute Gasteiger partial charge is 0.332 e. The summed E-state index contributed by atoms with van der Waals surface area (Å²) in [4.78, 5) is 73.4. The summed E-state index contributed by atoms with van der Waals surface area (Å²) in [5.74, 6) is -3.71. The molecule has 0 spiro atoms. The Kier molecular flexibility index (Phi) is 20.0. The van der Waals surface area contributed by atoms with Crippen molar-refractivity contribution < 1.29 is 45.7 Å². The average molecular weight is 919 g/mol. The first kappa shape index (κ1) is 50.6. The Bertz CT molecular complexity index is 2170. The molecule has 0 fully saturated rings. The molecule has 344 valence electrons. The van der Waals surface area contributed by atoms with Crippen LogP contribution in [-0.2, 0) is 38.9 Å². The number of carbonyl (C=O) groups excluding carboxylic acids is 4. The molecule has 64 heavy (non-hydrogen) atoms. The van der Waals surface area contributed by atoms with Gasteiger partial charge in [-0.3, -0.25) is 9.80 Å². The van der Waals surface area contributed by atoms with Crippen molar-refractivity contribution in [1.82, 2.24) is 19.9 Å². The molecule has 0 saturated carbocycles. The van der Waals surface area contributed by atoms with Crippen LogP contribution in [0.2, 0.25) is 0 Å². The predicted molar refractivity (Wildman–Crippen MR) is 246 cm³/mol. The van der Waals surface area contributed by atoms with Crippen LogP contribution in [0.3, 0.4) is 0 Å². The molecular formula is C46H58N6O10S2. The zero-order valence-electron chi connectivity index (χ0n) is 36.8.